The number of thiocarbonyl (C=S) groups is 1. The molecule has 9 nitrogen and oxygen atoms in total. The summed E-state index contributed by atoms with van der Waals surface area (Å²) in [5.74, 6) is -1.41. The first-order valence-electron chi connectivity index (χ1n) is 8.18. The van der Waals surface area contributed by atoms with Gasteiger partial charge < -0.3 is 25.5 Å². The molecule has 0 heterocycles. The smallest absolute Gasteiger partial charge is 0.327 e. The molecule has 0 unspecified atom stereocenters. The third-order valence-corrected chi connectivity index (χ3v) is 5.09. The van der Waals surface area contributed by atoms with Gasteiger partial charge in [0.15, 0.2) is 0 Å². The van der Waals surface area contributed by atoms with E-state index in [0.717, 1.165) is 11.8 Å². The van der Waals surface area contributed by atoms with Gasteiger partial charge in [-0.3, -0.25) is 14.4 Å². The number of nitrogens with zero attached hydrogens (tertiary/aromatic N) is 2. The molecule has 0 aromatic heterocycles. The van der Waals surface area contributed by atoms with Gasteiger partial charge in [-0.25, -0.2) is 4.79 Å². The van der Waals surface area contributed by atoms with E-state index in [2.05, 4.69) is 10.6 Å². The predicted octanol–water partition coefficient (Wildman–Crippen LogP) is -0.628. The van der Waals surface area contributed by atoms with E-state index in [0.29, 0.717) is 35.2 Å². The maximum atomic E-state index is 11.7. The number of carboxylic acid groups (broad SMARTS) is 1. The summed E-state index contributed by atoms with van der Waals surface area (Å²) in [4.78, 5) is 48.8. The topological polar surface area (TPSA) is 119 Å². The van der Waals surface area contributed by atoms with E-state index in [-0.39, 0.29) is 5.75 Å². The van der Waals surface area contributed by atoms with Crippen LogP contribution in [0.4, 0.5) is 11.4 Å². The fraction of sp³-hybridized carbons (Fsp3) is 0.562. The van der Waals surface area contributed by atoms with Crippen LogP contribution in [0.3, 0.4) is 0 Å². The van der Waals surface area contributed by atoms with Crippen molar-refractivity contribution in [3.63, 3.8) is 0 Å². The molecule has 150 valence electrons. The normalized spacial score (nSPS) is 11.7. The SMILES string of the molecule is CC(=O)N[C@@H](CSC(=S)NCCCN(C)c1c(N(C)C)c(=O)c1=O)C(=O)O. The number of amides is 1. The highest BCUT2D eigenvalue weighted by Gasteiger charge is 2.25. The van der Waals surface area contributed by atoms with E-state index in [4.69, 9.17) is 17.3 Å². The Morgan fingerprint density at radius 3 is 2.30 bits per heavy atom. The molecule has 1 amide bonds. The van der Waals surface area contributed by atoms with Crippen molar-refractivity contribution in [2.75, 3.05) is 49.8 Å². The van der Waals surface area contributed by atoms with Crippen molar-refractivity contribution in [3.05, 3.63) is 20.4 Å². The van der Waals surface area contributed by atoms with Crippen molar-refractivity contribution < 1.29 is 14.7 Å². The number of carbonyl (C=O) groups excluding carboxylic acids is 1. The van der Waals surface area contributed by atoms with Crippen molar-refractivity contribution in [1.82, 2.24) is 10.6 Å². The summed E-state index contributed by atoms with van der Waals surface area (Å²) in [6.07, 6.45) is 0.664. The number of carbonyl (C=O) groups is 2. The molecule has 1 rings (SSSR count). The van der Waals surface area contributed by atoms with E-state index < -0.39 is 28.8 Å². The summed E-state index contributed by atoms with van der Waals surface area (Å²) in [5, 5.41) is 14.4. The molecule has 0 bridgehead atoms. The standard InChI is InChI=1S/C16H24N4O5S2/c1-9(21)18-10(15(24)25)8-27-16(26)17-6-5-7-20(4)12-11(19(2)3)13(22)14(12)23/h10H,5-8H2,1-4H3,(H,17,26)(H,18,21)(H,24,25)/t10-/m0/s1. The number of aliphatic carboxylic acids is 1. The van der Waals surface area contributed by atoms with Crippen LogP contribution in [0.5, 0.6) is 0 Å². The van der Waals surface area contributed by atoms with Gasteiger partial charge in [-0.05, 0) is 6.42 Å². The Hall–Kier alpha value is -2.14. The van der Waals surface area contributed by atoms with Gasteiger partial charge in [0.2, 0.25) is 5.91 Å². The maximum Gasteiger partial charge on any atom is 0.327 e. The molecule has 0 radical (unpaired) electrons. The number of hydrogen-bond donors (Lipinski definition) is 3. The highest BCUT2D eigenvalue weighted by Crippen LogP contribution is 2.21. The number of thioether (sulfide) groups is 1. The molecule has 1 aromatic rings. The van der Waals surface area contributed by atoms with Crippen molar-refractivity contribution in [3.8, 4) is 0 Å². The minimum absolute atomic E-state index is 0.121. The van der Waals surface area contributed by atoms with Crippen LogP contribution in [0.1, 0.15) is 13.3 Å². The van der Waals surface area contributed by atoms with Crippen molar-refractivity contribution in [1.29, 1.82) is 0 Å². The molecular weight excluding hydrogens is 392 g/mol. The zero-order chi connectivity index (χ0) is 20.7. The fourth-order valence-corrected chi connectivity index (χ4v) is 3.44. The lowest BCUT2D eigenvalue weighted by Crippen LogP contribution is -2.44. The van der Waals surface area contributed by atoms with Crippen molar-refractivity contribution in [2.45, 2.75) is 19.4 Å². The quantitative estimate of drug-likeness (QED) is 0.258. The Balaban J connectivity index is 2.37. The van der Waals surface area contributed by atoms with Gasteiger partial charge in [0.25, 0.3) is 10.9 Å². The number of rotatable bonds is 10. The summed E-state index contributed by atoms with van der Waals surface area (Å²) in [5.41, 5.74) is -0.108. The lowest BCUT2D eigenvalue weighted by Gasteiger charge is -2.26. The second-order valence-corrected chi connectivity index (χ2v) is 7.84. The van der Waals surface area contributed by atoms with E-state index in [9.17, 15) is 19.2 Å². The van der Waals surface area contributed by atoms with Gasteiger partial charge in [0.1, 0.15) is 21.7 Å². The predicted molar refractivity (Wildman–Crippen MR) is 112 cm³/mol. The monoisotopic (exact) mass is 416 g/mol. The molecule has 1 aromatic carbocycles. The molecule has 0 aliphatic rings. The van der Waals surface area contributed by atoms with Crippen LogP contribution in [0.25, 0.3) is 0 Å². The fourth-order valence-electron chi connectivity index (χ4n) is 2.39. The van der Waals surface area contributed by atoms with Gasteiger partial charge in [0, 0.05) is 46.9 Å². The molecule has 3 N–H and O–H groups in total. The average molecular weight is 417 g/mol. The Morgan fingerprint density at radius 1 is 1.19 bits per heavy atom. The Morgan fingerprint density at radius 2 is 1.78 bits per heavy atom. The Labute approximate surface area is 166 Å². The zero-order valence-corrected chi connectivity index (χ0v) is 17.3. The molecule has 0 saturated carbocycles. The molecule has 1 atom stereocenters. The maximum absolute atomic E-state index is 11.7. The third kappa shape index (κ3) is 6.51. The second kappa shape index (κ2) is 10.3. The van der Waals surface area contributed by atoms with Crippen molar-refractivity contribution in [2.24, 2.45) is 0 Å². The van der Waals surface area contributed by atoms with Crippen LogP contribution in [-0.4, -0.2) is 67.3 Å². The van der Waals surface area contributed by atoms with E-state index >= 15 is 0 Å². The van der Waals surface area contributed by atoms with Crippen LogP contribution < -0.4 is 31.3 Å². The molecule has 0 saturated heterocycles. The van der Waals surface area contributed by atoms with Crippen LogP contribution in [0.2, 0.25) is 0 Å². The molecule has 0 spiro atoms. The van der Waals surface area contributed by atoms with Gasteiger partial charge in [0.05, 0.1) is 0 Å². The summed E-state index contributed by atoms with van der Waals surface area (Å²) in [6.45, 7) is 2.33. The summed E-state index contributed by atoms with van der Waals surface area (Å²) < 4.78 is 0.428. The van der Waals surface area contributed by atoms with E-state index in [1.165, 1.54) is 6.92 Å². The van der Waals surface area contributed by atoms with Crippen LogP contribution in [0, 0.1) is 0 Å². The first kappa shape index (κ1) is 22.9. The van der Waals surface area contributed by atoms with Crippen LogP contribution in [-0.2, 0) is 9.59 Å². The Bertz CT molecular complexity index is 773. The lowest BCUT2D eigenvalue weighted by atomic mass is 10.1. The summed E-state index contributed by atoms with van der Waals surface area (Å²) in [7, 11) is 5.19. The van der Waals surface area contributed by atoms with Crippen LogP contribution >= 0.6 is 24.0 Å². The molecule has 0 fully saturated rings. The van der Waals surface area contributed by atoms with Gasteiger partial charge in [-0.2, -0.15) is 0 Å². The lowest BCUT2D eigenvalue weighted by molar-refractivity contribution is -0.140. The van der Waals surface area contributed by atoms with Crippen molar-refractivity contribution >= 4 is 51.6 Å². The average Bonchev–Trinajstić information content (AvgIpc) is 2.57. The molecule has 11 heteroatoms. The summed E-state index contributed by atoms with van der Waals surface area (Å²) >= 11 is 6.28. The number of anilines is 2. The van der Waals surface area contributed by atoms with Crippen LogP contribution in [0.15, 0.2) is 9.59 Å². The van der Waals surface area contributed by atoms with E-state index in [1.807, 2.05) is 0 Å². The first-order chi connectivity index (χ1) is 12.6. The minimum atomic E-state index is -1.12. The molecule has 27 heavy (non-hydrogen) atoms. The molecule has 0 aliphatic carbocycles. The minimum Gasteiger partial charge on any atom is -0.480 e. The third-order valence-electron chi connectivity index (χ3n) is 3.69. The van der Waals surface area contributed by atoms with Gasteiger partial charge >= 0.3 is 5.97 Å². The highest BCUT2D eigenvalue weighted by atomic mass is 32.2. The Kier molecular flexibility index (Phi) is 8.70. The number of nitrogens with one attached hydrogen (secondary N) is 2. The largest absolute Gasteiger partial charge is 0.480 e. The van der Waals surface area contributed by atoms with Gasteiger partial charge in [-0.1, -0.05) is 24.0 Å². The second-order valence-electron chi connectivity index (χ2n) is 6.14. The first-order valence-corrected chi connectivity index (χ1v) is 9.58. The number of hydrogen-bond acceptors (Lipinski definition) is 8. The summed E-state index contributed by atoms with van der Waals surface area (Å²) in [6, 6.07) is -1.00. The number of carboxylic acids is 1. The van der Waals surface area contributed by atoms with Gasteiger partial charge in [-0.15, -0.1) is 0 Å². The zero-order valence-electron chi connectivity index (χ0n) is 15.7. The molecule has 0 aliphatic heterocycles. The molecular formula is C16H24N4O5S2. The van der Waals surface area contributed by atoms with E-state index in [1.54, 1.807) is 30.9 Å². The highest BCUT2D eigenvalue weighted by molar-refractivity contribution is 8.23.